The van der Waals surface area contributed by atoms with Crippen molar-refractivity contribution in [1.29, 1.82) is 0 Å². The predicted octanol–water partition coefficient (Wildman–Crippen LogP) is 10.2. The smallest absolute Gasteiger partial charge is 0.503 e. The fourth-order valence-electron chi connectivity index (χ4n) is 9.16. The lowest BCUT2D eigenvalue weighted by Gasteiger charge is -2.31. The summed E-state index contributed by atoms with van der Waals surface area (Å²) in [7, 11) is 0. The zero-order chi connectivity index (χ0) is 63.3. The number of rotatable bonds is 40. The summed E-state index contributed by atoms with van der Waals surface area (Å²) in [5, 5.41) is 19.6. The van der Waals surface area contributed by atoms with E-state index in [1.54, 1.807) is 35.4 Å². The number of pyridine rings is 2. The molecule has 0 bridgehead atoms. The number of benzene rings is 2. The highest BCUT2D eigenvalue weighted by atomic mass is 16.7. The van der Waals surface area contributed by atoms with Crippen LogP contribution in [-0.2, 0) is 95.0 Å². The van der Waals surface area contributed by atoms with E-state index in [1.165, 1.54) is 12.1 Å². The topological polar surface area (TPSA) is 212 Å². The fourth-order valence-corrected chi connectivity index (χ4v) is 9.16. The molecule has 0 saturated carbocycles. The molecule has 2 N–H and O–H groups in total. The summed E-state index contributed by atoms with van der Waals surface area (Å²) in [6, 6.07) is 11.3. The first-order valence-corrected chi connectivity index (χ1v) is 30.5. The molecule has 19 heteroatoms. The molecule has 86 heavy (non-hydrogen) atoms. The molecule has 0 fully saturated rings. The zero-order valence-corrected chi connectivity index (χ0v) is 54.4. The van der Waals surface area contributed by atoms with Crippen LogP contribution < -0.4 is 20.3 Å². The maximum Gasteiger partial charge on any atom is 0.519 e. The lowest BCUT2D eigenvalue weighted by atomic mass is 9.78. The molecule has 4 rings (SSSR count). The quantitative estimate of drug-likeness (QED) is 0.0241. The van der Waals surface area contributed by atoms with Crippen LogP contribution in [0.3, 0.4) is 0 Å². The lowest BCUT2D eigenvalue weighted by molar-refractivity contribution is -0.0116. The Hall–Kier alpha value is -5.19. The molecule has 0 unspecified atom stereocenters. The van der Waals surface area contributed by atoms with E-state index in [2.05, 4.69) is 107 Å². The van der Waals surface area contributed by atoms with Crippen LogP contribution in [0.5, 0.6) is 23.0 Å². The Balaban J connectivity index is 1.15. The summed E-state index contributed by atoms with van der Waals surface area (Å²) < 4.78 is 73.3. The third-order valence-corrected chi connectivity index (χ3v) is 14.2. The third kappa shape index (κ3) is 26.3. The van der Waals surface area contributed by atoms with Crippen LogP contribution in [0.1, 0.15) is 141 Å². The van der Waals surface area contributed by atoms with Gasteiger partial charge in [0.1, 0.15) is 11.5 Å². The van der Waals surface area contributed by atoms with Gasteiger partial charge in [-0.25, -0.2) is 4.79 Å². The minimum Gasteiger partial charge on any atom is -0.503 e. The second-order valence-corrected chi connectivity index (χ2v) is 25.4. The highest BCUT2D eigenvalue weighted by Crippen LogP contribution is 2.44. The van der Waals surface area contributed by atoms with E-state index in [1.807, 2.05) is 0 Å². The number of hydrogen-bond acceptors (Lipinski definition) is 17. The summed E-state index contributed by atoms with van der Waals surface area (Å²) in [6.07, 6.45) is 5.70. The maximum atomic E-state index is 14.3. The first-order valence-electron chi connectivity index (χ1n) is 30.5. The number of carbonyl (C=O) groups excluding carboxylic acids is 1. The van der Waals surface area contributed by atoms with Crippen LogP contribution in [0.4, 0.5) is 4.79 Å². The highest BCUT2D eigenvalue weighted by Gasteiger charge is 2.33. The van der Waals surface area contributed by atoms with E-state index in [-0.39, 0.29) is 44.0 Å². The van der Waals surface area contributed by atoms with Crippen molar-refractivity contribution in [1.82, 2.24) is 9.13 Å². The monoisotopic (exact) mass is 1210 g/mol. The number of nitrogens with zero attached hydrogens (tertiary/aromatic N) is 2. The van der Waals surface area contributed by atoms with Crippen molar-refractivity contribution in [2.24, 2.45) is 0 Å². The van der Waals surface area contributed by atoms with Gasteiger partial charge in [0.15, 0.2) is 11.5 Å². The number of aryl methyl sites for hydroxylation is 2. The number of ether oxygens (including phenoxy) is 12. The van der Waals surface area contributed by atoms with E-state index in [0.717, 1.165) is 59.1 Å². The van der Waals surface area contributed by atoms with Crippen molar-refractivity contribution in [3.8, 4) is 23.0 Å². The van der Waals surface area contributed by atoms with Crippen molar-refractivity contribution >= 4 is 6.16 Å². The highest BCUT2D eigenvalue weighted by molar-refractivity contribution is 5.71. The molecule has 0 atom stereocenters. The first kappa shape index (κ1) is 73.3. The van der Waals surface area contributed by atoms with Crippen molar-refractivity contribution in [3.05, 3.63) is 114 Å². The molecule has 2 heterocycles. The minimum absolute atomic E-state index is 0.235. The summed E-state index contributed by atoms with van der Waals surface area (Å²) in [5.41, 5.74) is 4.85. The molecule has 2 aromatic heterocycles. The molecule has 0 aliphatic carbocycles. The molecule has 0 saturated heterocycles. The molecular weight excluding hydrogens is 1100 g/mol. The normalized spacial score (nSPS) is 12.3. The average Bonchev–Trinajstić information content (AvgIpc) is 0.970. The Labute approximate surface area is 511 Å². The van der Waals surface area contributed by atoms with Gasteiger partial charge >= 0.3 is 6.16 Å². The Morgan fingerprint density at radius 3 is 0.860 bits per heavy atom. The summed E-state index contributed by atoms with van der Waals surface area (Å²) in [5.74, 6) is 0.598. The van der Waals surface area contributed by atoms with E-state index >= 15 is 0 Å². The Kier molecular flexibility index (Phi) is 31.5. The van der Waals surface area contributed by atoms with E-state index in [0.29, 0.717) is 168 Å². The molecule has 0 radical (unpaired) electrons. The SMILES string of the molecule is Cc1c(O)c(=O)ccn1CCOCCOCCOCCOCCOCCCc1cc(C(C)(C)C)c(OC(=O)Oc2c(C(C)(C)C)cc(CCCOCCOCCOCCOCCOCCn3ccc(=O)c(O)c3C)cc2C(C)(C)C)c(C(C)(C)C)c1. The van der Waals surface area contributed by atoms with Crippen LogP contribution in [0.2, 0.25) is 0 Å². The van der Waals surface area contributed by atoms with Crippen molar-refractivity contribution in [3.63, 3.8) is 0 Å². The van der Waals surface area contributed by atoms with Crippen molar-refractivity contribution in [2.75, 3.05) is 132 Å². The molecule has 4 aromatic rings. The van der Waals surface area contributed by atoms with Gasteiger partial charge in [0.2, 0.25) is 10.9 Å². The molecule has 0 amide bonds. The lowest BCUT2D eigenvalue weighted by Crippen LogP contribution is -2.26. The van der Waals surface area contributed by atoms with Gasteiger partial charge in [-0.15, -0.1) is 0 Å². The van der Waals surface area contributed by atoms with Gasteiger partial charge in [-0.05, 0) is 72.3 Å². The number of aromatic hydroxyl groups is 2. The van der Waals surface area contributed by atoms with E-state index in [4.69, 9.17) is 56.8 Å². The van der Waals surface area contributed by atoms with Crippen LogP contribution >= 0.6 is 0 Å². The van der Waals surface area contributed by atoms with Gasteiger partial charge < -0.3 is 76.2 Å². The van der Waals surface area contributed by atoms with E-state index in [9.17, 15) is 24.6 Å². The fraction of sp³-hybridized carbons (Fsp3) is 0.657. The Morgan fingerprint density at radius 2 is 0.616 bits per heavy atom. The largest absolute Gasteiger partial charge is 0.519 e. The predicted molar refractivity (Wildman–Crippen MR) is 333 cm³/mol. The standard InChI is InChI=1S/C67H104N2O17/c1-49-59(72)57(70)19-21-68(49)23-27-77-31-35-81-39-43-83-41-37-79-33-29-75-25-15-17-51-45-53(64(3,4)5)61(54(46-51)65(6,7)8)85-63(74)86-62-55(66(9,10)11)47-52(48-56(62)67(12,13)14)18-16-26-76-30-34-80-38-42-84-44-40-82-36-32-78-28-24-69-22-20-58(71)60(73)50(69)2/h19-22,45-48,72-73H,15-18,23-44H2,1-14H3. The summed E-state index contributed by atoms with van der Waals surface area (Å²) in [6.45, 7) is 39.3. The number of carbonyl (C=O) groups is 1. The molecule has 0 aliphatic heterocycles. The Bertz CT molecular complexity index is 2510. The second kappa shape index (κ2) is 37.0. The molecule has 2 aromatic carbocycles. The number of hydrogen-bond donors (Lipinski definition) is 2. The van der Waals surface area contributed by atoms with Gasteiger partial charge in [-0.3, -0.25) is 9.59 Å². The van der Waals surface area contributed by atoms with Gasteiger partial charge in [-0.1, -0.05) is 107 Å². The Morgan fingerprint density at radius 1 is 0.384 bits per heavy atom. The van der Waals surface area contributed by atoms with Crippen molar-refractivity contribution in [2.45, 2.75) is 157 Å². The molecule has 19 nitrogen and oxygen atoms in total. The minimum atomic E-state index is -0.770. The maximum absolute atomic E-state index is 14.3. The summed E-state index contributed by atoms with van der Waals surface area (Å²) >= 11 is 0. The van der Waals surface area contributed by atoms with Crippen LogP contribution in [0, 0.1) is 13.8 Å². The van der Waals surface area contributed by atoms with E-state index < -0.39 is 6.16 Å². The average molecular weight is 1210 g/mol. The van der Waals surface area contributed by atoms with Gasteiger partial charge in [0.25, 0.3) is 0 Å². The van der Waals surface area contributed by atoms with Gasteiger partial charge in [0, 0.05) is 73.1 Å². The van der Waals surface area contributed by atoms with Crippen LogP contribution in [0.15, 0.2) is 58.4 Å². The molecule has 0 spiro atoms. The van der Waals surface area contributed by atoms with Gasteiger partial charge in [-0.2, -0.15) is 0 Å². The van der Waals surface area contributed by atoms with Crippen LogP contribution in [-0.4, -0.2) is 158 Å². The van der Waals surface area contributed by atoms with Crippen LogP contribution in [0.25, 0.3) is 0 Å². The molecule has 484 valence electrons. The second-order valence-electron chi connectivity index (χ2n) is 25.4. The zero-order valence-electron chi connectivity index (χ0n) is 54.4. The third-order valence-electron chi connectivity index (χ3n) is 14.2. The van der Waals surface area contributed by atoms with Gasteiger partial charge in [0.05, 0.1) is 130 Å². The molecular formula is C67H104N2O17. The number of aromatic nitrogens is 2. The van der Waals surface area contributed by atoms with Crippen molar-refractivity contribution < 1.29 is 71.8 Å². The summed E-state index contributed by atoms with van der Waals surface area (Å²) in [4.78, 5) is 37.4. The molecule has 0 aliphatic rings. The first-order chi connectivity index (χ1) is 40.7.